The molecule has 0 saturated carbocycles. The molecule has 1 N–H and O–H groups in total. The fraction of sp³-hybridized carbons (Fsp3) is 0.100. The third kappa shape index (κ3) is 2.48. The first-order valence-electron chi connectivity index (χ1n) is 3.73. The molecule has 0 radical (unpaired) electrons. The van der Waals surface area contributed by atoms with Crippen molar-refractivity contribution in [1.82, 2.24) is 0 Å². The zero-order valence-corrected chi connectivity index (χ0v) is 7.81. The minimum absolute atomic E-state index is 0.155. The van der Waals surface area contributed by atoms with Crippen LogP contribution in [0.4, 0.5) is 4.39 Å². The van der Waals surface area contributed by atoms with Gasteiger partial charge in [0.05, 0.1) is 11.4 Å². The third-order valence-corrected chi connectivity index (χ3v) is 1.63. The summed E-state index contributed by atoms with van der Waals surface area (Å²) in [5.74, 6) is 3.20. The molecule has 0 aliphatic carbocycles. The van der Waals surface area contributed by atoms with Gasteiger partial charge < -0.3 is 5.11 Å². The van der Waals surface area contributed by atoms with Gasteiger partial charge in [-0.05, 0) is 18.2 Å². The molecule has 4 heteroatoms. The van der Waals surface area contributed by atoms with Crippen LogP contribution in [0.1, 0.15) is 15.9 Å². The molecule has 1 aromatic rings. The van der Waals surface area contributed by atoms with Crippen molar-refractivity contribution in [1.29, 1.82) is 0 Å². The summed E-state index contributed by atoms with van der Waals surface area (Å²) in [6.07, 6.45) is 0. The van der Waals surface area contributed by atoms with Gasteiger partial charge in [-0.15, -0.1) is 11.6 Å². The van der Waals surface area contributed by atoms with Gasteiger partial charge in [0.1, 0.15) is 5.82 Å². The van der Waals surface area contributed by atoms with Gasteiger partial charge in [0.2, 0.25) is 0 Å². The minimum Gasteiger partial charge on any atom is -0.478 e. The van der Waals surface area contributed by atoms with Crippen molar-refractivity contribution >= 4 is 17.6 Å². The maximum atomic E-state index is 13.0. The maximum Gasteiger partial charge on any atom is 0.338 e. The molecule has 0 aliphatic rings. The summed E-state index contributed by atoms with van der Waals surface area (Å²) in [7, 11) is 0. The van der Waals surface area contributed by atoms with Crippen molar-refractivity contribution in [3.63, 3.8) is 0 Å². The van der Waals surface area contributed by atoms with Gasteiger partial charge >= 0.3 is 5.97 Å². The van der Waals surface area contributed by atoms with Crippen molar-refractivity contribution in [3.8, 4) is 11.8 Å². The number of benzene rings is 1. The van der Waals surface area contributed by atoms with Gasteiger partial charge in [-0.3, -0.25) is 0 Å². The quantitative estimate of drug-likeness (QED) is 0.572. The second-order valence-electron chi connectivity index (χ2n) is 2.44. The van der Waals surface area contributed by atoms with Crippen LogP contribution >= 0.6 is 11.6 Å². The Balaban J connectivity index is 3.06. The zero-order chi connectivity index (χ0) is 10.6. The van der Waals surface area contributed by atoms with Gasteiger partial charge in [0, 0.05) is 5.56 Å². The molecular formula is C10H6ClFO2. The van der Waals surface area contributed by atoms with E-state index in [1.807, 2.05) is 0 Å². The minimum atomic E-state index is -1.29. The smallest absolute Gasteiger partial charge is 0.338 e. The topological polar surface area (TPSA) is 37.3 Å². The van der Waals surface area contributed by atoms with Gasteiger partial charge in [-0.2, -0.15) is 0 Å². The summed E-state index contributed by atoms with van der Waals surface area (Å²) in [4.78, 5) is 10.4. The Morgan fingerprint density at radius 1 is 1.57 bits per heavy atom. The van der Waals surface area contributed by atoms with Gasteiger partial charge in [-0.25, -0.2) is 9.18 Å². The van der Waals surface area contributed by atoms with Gasteiger partial charge in [0.25, 0.3) is 0 Å². The number of alkyl halides is 1. The lowest BCUT2D eigenvalue weighted by atomic mass is 10.1. The first-order valence-corrected chi connectivity index (χ1v) is 4.26. The molecule has 2 nitrogen and oxygen atoms in total. The van der Waals surface area contributed by atoms with Crippen molar-refractivity contribution in [3.05, 3.63) is 35.1 Å². The fourth-order valence-electron chi connectivity index (χ4n) is 0.902. The summed E-state index contributed by atoms with van der Waals surface area (Å²) in [6.45, 7) is 0. The van der Waals surface area contributed by atoms with Crippen LogP contribution in [0.25, 0.3) is 0 Å². The van der Waals surface area contributed by atoms with E-state index in [-0.39, 0.29) is 11.4 Å². The van der Waals surface area contributed by atoms with E-state index in [4.69, 9.17) is 16.7 Å². The van der Waals surface area contributed by atoms with Crippen molar-refractivity contribution in [2.24, 2.45) is 0 Å². The average Bonchev–Trinajstić information content (AvgIpc) is 2.14. The van der Waals surface area contributed by atoms with E-state index in [1.165, 1.54) is 12.1 Å². The molecule has 14 heavy (non-hydrogen) atoms. The van der Waals surface area contributed by atoms with Crippen molar-refractivity contribution < 1.29 is 14.3 Å². The number of hydrogen-bond donors (Lipinski definition) is 1. The van der Waals surface area contributed by atoms with E-state index in [9.17, 15) is 9.18 Å². The SMILES string of the molecule is O=C(O)c1ccc(C#CCCl)cc1F. The normalized spacial score (nSPS) is 9.00. The van der Waals surface area contributed by atoms with E-state index >= 15 is 0 Å². The van der Waals surface area contributed by atoms with E-state index in [1.54, 1.807) is 0 Å². The number of carboxylic acids is 1. The van der Waals surface area contributed by atoms with E-state index < -0.39 is 11.8 Å². The lowest BCUT2D eigenvalue weighted by Crippen LogP contribution is -2.00. The van der Waals surface area contributed by atoms with E-state index in [2.05, 4.69) is 11.8 Å². The Hall–Kier alpha value is -1.53. The number of aromatic carboxylic acids is 1. The fourth-order valence-corrected chi connectivity index (χ4v) is 0.969. The summed E-state index contributed by atoms with van der Waals surface area (Å²) < 4.78 is 13.0. The highest BCUT2D eigenvalue weighted by Gasteiger charge is 2.09. The lowest BCUT2D eigenvalue weighted by molar-refractivity contribution is 0.0692. The van der Waals surface area contributed by atoms with Gasteiger partial charge in [-0.1, -0.05) is 11.8 Å². The Morgan fingerprint density at radius 3 is 2.79 bits per heavy atom. The molecule has 0 spiro atoms. The van der Waals surface area contributed by atoms with Crippen LogP contribution in [-0.2, 0) is 0 Å². The van der Waals surface area contributed by atoms with Crippen molar-refractivity contribution in [2.75, 3.05) is 5.88 Å². The predicted molar refractivity (Wildman–Crippen MR) is 51.0 cm³/mol. The Labute approximate surface area is 85.3 Å². The highest BCUT2D eigenvalue weighted by atomic mass is 35.5. The average molecular weight is 213 g/mol. The van der Waals surface area contributed by atoms with E-state index in [0.717, 1.165) is 6.07 Å². The van der Waals surface area contributed by atoms with Crippen LogP contribution in [0.2, 0.25) is 0 Å². The molecular weight excluding hydrogens is 207 g/mol. The molecule has 0 aliphatic heterocycles. The molecule has 0 saturated heterocycles. The zero-order valence-electron chi connectivity index (χ0n) is 7.05. The molecule has 1 aromatic carbocycles. The number of carbonyl (C=O) groups is 1. The molecule has 72 valence electrons. The van der Waals surface area contributed by atoms with Crippen LogP contribution < -0.4 is 0 Å². The Kier molecular flexibility index (Phi) is 3.49. The first-order chi connectivity index (χ1) is 6.65. The summed E-state index contributed by atoms with van der Waals surface area (Å²) in [5, 5.41) is 8.54. The summed E-state index contributed by atoms with van der Waals surface area (Å²) in [5.41, 5.74) is 0.0505. The molecule has 0 unspecified atom stereocenters. The summed E-state index contributed by atoms with van der Waals surface area (Å²) in [6, 6.07) is 3.69. The second kappa shape index (κ2) is 4.64. The molecule has 0 bridgehead atoms. The largest absolute Gasteiger partial charge is 0.478 e. The van der Waals surface area contributed by atoms with Gasteiger partial charge in [0.15, 0.2) is 0 Å². The van der Waals surface area contributed by atoms with Crippen LogP contribution in [0, 0.1) is 17.7 Å². The predicted octanol–water partition coefficient (Wildman–Crippen LogP) is 2.11. The van der Waals surface area contributed by atoms with Crippen LogP contribution in [0.3, 0.4) is 0 Å². The molecule has 0 amide bonds. The maximum absolute atomic E-state index is 13.0. The molecule has 0 fully saturated rings. The third-order valence-electron chi connectivity index (χ3n) is 1.50. The monoisotopic (exact) mass is 212 g/mol. The number of halogens is 2. The highest BCUT2D eigenvalue weighted by molar-refractivity contribution is 6.19. The second-order valence-corrected chi connectivity index (χ2v) is 2.70. The van der Waals surface area contributed by atoms with Crippen molar-refractivity contribution in [2.45, 2.75) is 0 Å². The Bertz CT molecular complexity index is 418. The number of hydrogen-bond acceptors (Lipinski definition) is 1. The number of carboxylic acid groups (broad SMARTS) is 1. The highest BCUT2D eigenvalue weighted by Crippen LogP contribution is 2.09. The van der Waals surface area contributed by atoms with Crippen LogP contribution in [0.15, 0.2) is 18.2 Å². The molecule has 1 rings (SSSR count). The Morgan fingerprint density at radius 2 is 2.29 bits per heavy atom. The molecule has 0 aromatic heterocycles. The van der Waals surface area contributed by atoms with Crippen LogP contribution in [0.5, 0.6) is 0 Å². The standard InChI is InChI=1S/C10H6ClFO2/c11-5-1-2-7-3-4-8(10(13)14)9(12)6-7/h3-4,6H,5H2,(H,13,14). The molecule has 0 atom stereocenters. The molecule has 0 heterocycles. The number of rotatable bonds is 1. The van der Waals surface area contributed by atoms with Crippen LogP contribution in [-0.4, -0.2) is 17.0 Å². The van der Waals surface area contributed by atoms with E-state index in [0.29, 0.717) is 5.56 Å². The first kappa shape index (κ1) is 10.6. The summed E-state index contributed by atoms with van der Waals surface area (Å²) >= 11 is 5.31. The lowest BCUT2D eigenvalue weighted by Gasteiger charge is -1.96.